The molecule has 0 atom stereocenters. The molecule has 0 saturated heterocycles. The van der Waals surface area contributed by atoms with Gasteiger partial charge in [-0.2, -0.15) is 0 Å². The SMILES string of the molecule is CC(C)n1cnc2c(NCc3ccccc3)nc(-c3ccc(C(N)=O)cc3)nc21. The van der Waals surface area contributed by atoms with E-state index in [1.807, 2.05) is 22.8 Å². The second kappa shape index (κ2) is 7.71. The Kier molecular flexibility index (Phi) is 4.95. The number of imidazole rings is 1. The van der Waals surface area contributed by atoms with E-state index in [9.17, 15) is 4.79 Å². The fourth-order valence-corrected chi connectivity index (χ4v) is 3.11. The topological polar surface area (TPSA) is 98.7 Å². The van der Waals surface area contributed by atoms with Crippen molar-refractivity contribution in [1.82, 2.24) is 19.5 Å². The van der Waals surface area contributed by atoms with Gasteiger partial charge < -0.3 is 15.6 Å². The molecule has 0 aliphatic heterocycles. The molecule has 4 aromatic rings. The van der Waals surface area contributed by atoms with Crippen LogP contribution in [0.5, 0.6) is 0 Å². The third-order valence-corrected chi connectivity index (χ3v) is 4.71. The van der Waals surface area contributed by atoms with Crippen molar-refractivity contribution in [3.63, 3.8) is 0 Å². The molecule has 0 unspecified atom stereocenters. The first-order chi connectivity index (χ1) is 14.0. The largest absolute Gasteiger partial charge is 0.366 e. The summed E-state index contributed by atoms with van der Waals surface area (Å²) in [5, 5.41) is 3.39. The molecule has 29 heavy (non-hydrogen) atoms. The molecular weight excluding hydrogens is 364 g/mol. The number of nitrogens with one attached hydrogen (secondary N) is 1. The number of anilines is 1. The number of carbonyl (C=O) groups excluding carboxylic acids is 1. The van der Waals surface area contributed by atoms with Gasteiger partial charge in [0, 0.05) is 23.7 Å². The van der Waals surface area contributed by atoms with Crippen molar-refractivity contribution in [2.75, 3.05) is 5.32 Å². The Morgan fingerprint density at radius 2 is 1.79 bits per heavy atom. The standard InChI is InChI=1S/C22H22N6O/c1-14(2)28-13-25-18-21(24-12-15-6-4-3-5-7-15)26-20(27-22(18)28)17-10-8-16(9-11-17)19(23)29/h3-11,13-14H,12H2,1-2H3,(H2,23,29)(H,24,26,27). The second-order valence-electron chi connectivity index (χ2n) is 7.09. The molecule has 0 radical (unpaired) electrons. The van der Waals surface area contributed by atoms with Crippen molar-refractivity contribution in [3.05, 3.63) is 72.1 Å². The predicted molar refractivity (Wildman–Crippen MR) is 113 cm³/mol. The van der Waals surface area contributed by atoms with E-state index in [0.29, 0.717) is 23.8 Å². The smallest absolute Gasteiger partial charge is 0.248 e. The normalized spacial score (nSPS) is 11.1. The highest BCUT2D eigenvalue weighted by Crippen LogP contribution is 2.26. The number of hydrogen-bond acceptors (Lipinski definition) is 5. The summed E-state index contributed by atoms with van der Waals surface area (Å²) in [7, 11) is 0. The molecular formula is C22H22N6O. The van der Waals surface area contributed by atoms with Crippen molar-refractivity contribution in [1.29, 1.82) is 0 Å². The van der Waals surface area contributed by atoms with Crippen LogP contribution in [0.3, 0.4) is 0 Å². The van der Waals surface area contributed by atoms with Gasteiger partial charge in [-0.3, -0.25) is 4.79 Å². The highest BCUT2D eigenvalue weighted by molar-refractivity contribution is 5.93. The third-order valence-electron chi connectivity index (χ3n) is 4.71. The van der Waals surface area contributed by atoms with Crippen LogP contribution in [-0.2, 0) is 6.54 Å². The van der Waals surface area contributed by atoms with Gasteiger partial charge >= 0.3 is 0 Å². The lowest BCUT2D eigenvalue weighted by Gasteiger charge is -2.11. The summed E-state index contributed by atoms with van der Waals surface area (Å²) in [6.45, 7) is 4.80. The maximum Gasteiger partial charge on any atom is 0.248 e. The number of amides is 1. The van der Waals surface area contributed by atoms with Crippen LogP contribution in [0, 0.1) is 0 Å². The Balaban J connectivity index is 1.77. The minimum atomic E-state index is -0.462. The quantitative estimate of drug-likeness (QED) is 0.525. The molecule has 0 spiro atoms. The monoisotopic (exact) mass is 386 g/mol. The molecule has 146 valence electrons. The van der Waals surface area contributed by atoms with E-state index in [1.54, 1.807) is 30.6 Å². The molecule has 0 aliphatic carbocycles. The molecule has 0 bridgehead atoms. The fraction of sp³-hybridized carbons (Fsp3) is 0.182. The number of carbonyl (C=O) groups is 1. The van der Waals surface area contributed by atoms with Crippen molar-refractivity contribution < 1.29 is 4.79 Å². The van der Waals surface area contributed by atoms with Crippen LogP contribution in [0.1, 0.15) is 35.8 Å². The maximum absolute atomic E-state index is 11.4. The van der Waals surface area contributed by atoms with E-state index in [2.05, 4.69) is 36.3 Å². The van der Waals surface area contributed by atoms with Crippen LogP contribution in [0.25, 0.3) is 22.6 Å². The zero-order valence-electron chi connectivity index (χ0n) is 16.3. The van der Waals surface area contributed by atoms with Gasteiger partial charge in [-0.25, -0.2) is 15.0 Å². The molecule has 0 fully saturated rings. The first-order valence-electron chi connectivity index (χ1n) is 9.45. The number of nitrogens with two attached hydrogens (primary N) is 1. The summed E-state index contributed by atoms with van der Waals surface area (Å²) >= 11 is 0. The zero-order valence-corrected chi connectivity index (χ0v) is 16.3. The van der Waals surface area contributed by atoms with Gasteiger partial charge in [0.15, 0.2) is 17.3 Å². The Morgan fingerprint density at radius 3 is 2.45 bits per heavy atom. The van der Waals surface area contributed by atoms with Crippen molar-refractivity contribution in [2.45, 2.75) is 26.4 Å². The summed E-state index contributed by atoms with van der Waals surface area (Å²) in [6, 6.07) is 17.3. The Morgan fingerprint density at radius 1 is 1.07 bits per heavy atom. The zero-order chi connectivity index (χ0) is 20.4. The fourth-order valence-electron chi connectivity index (χ4n) is 3.11. The average Bonchev–Trinajstić information content (AvgIpc) is 3.17. The number of fused-ring (bicyclic) bond motifs is 1. The summed E-state index contributed by atoms with van der Waals surface area (Å²) in [6.07, 6.45) is 1.79. The number of aromatic nitrogens is 4. The van der Waals surface area contributed by atoms with E-state index in [-0.39, 0.29) is 6.04 Å². The lowest BCUT2D eigenvalue weighted by molar-refractivity contribution is 0.100. The molecule has 0 saturated carbocycles. The van der Waals surface area contributed by atoms with Crippen molar-refractivity contribution in [3.8, 4) is 11.4 Å². The van der Waals surface area contributed by atoms with Gasteiger partial charge in [0.2, 0.25) is 5.91 Å². The molecule has 2 aromatic carbocycles. The van der Waals surface area contributed by atoms with E-state index >= 15 is 0 Å². The number of nitrogens with zero attached hydrogens (tertiary/aromatic N) is 4. The van der Waals surface area contributed by atoms with Crippen LogP contribution in [0.15, 0.2) is 60.9 Å². The Bertz CT molecular complexity index is 1150. The van der Waals surface area contributed by atoms with Gasteiger partial charge in [0.1, 0.15) is 5.52 Å². The molecule has 2 aromatic heterocycles. The Hall–Kier alpha value is -3.74. The minimum Gasteiger partial charge on any atom is -0.366 e. The summed E-state index contributed by atoms with van der Waals surface area (Å²) in [5.74, 6) is 0.773. The lowest BCUT2D eigenvalue weighted by Crippen LogP contribution is -2.10. The lowest BCUT2D eigenvalue weighted by atomic mass is 10.1. The molecule has 2 heterocycles. The predicted octanol–water partition coefficient (Wildman–Crippen LogP) is 3.79. The van der Waals surface area contributed by atoms with Crippen molar-refractivity contribution >= 4 is 22.9 Å². The van der Waals surface area contributed by atoms with Crippen LogP contribution in [-0.4, -0.2) is 25.4 Å². The highest BCUT2D eigenvalue weighted by Gasteiger charge is 2.16. The van der Waals surface area contributed by atoms with E-state index in [0.717, 1.165) is 22.3 Å². The molecule has 0 aliphatic rings. The van der Waals surface area contributed by atoms with Crippen LogP contribution < -0.4 is 11.1 Å². The number of benzene rings is 2. The summed E-state index contributed by atoms with van der Waals surface area (Å²) in [5.41, 5.74) is 9.23. The van der Waals surface area contributed by atoms with Crippen LogP contribution >= 0.6 is 0 Å². The number of primary amides is 1. The highest BCUT2D eigenvalue weighted by atomic mass is 16.1. The molecule has 1 amide bonds. The van der Waals surface area contributed by atoms with Gasteiger partial charge in [-0.15, -0.1) is 0 Å². The minimum absolute atomic E-state index is 0.210. The second-order valence-corrected chi connectivity index (χ2v) is 7.09. The van der Waals surface area contributed by atoms with E-state index < -0.39 is 5.91 Å². The number of hydrogen-bond donors (Lipinski definition) is 2. The van der Waals surface area contributed by atoms with Crippen LogP contribution in [0.2, 0.25) is 0 Å². The van der Waals surface area contributed by atoms with Crippen molar-refractivity contribution in [2.24, 2.45) is 5.73 Å². The molecule has 3 N–H and O–H groups in total. The Labute approximate surface area is 168 Å². The molecule has 7 nitrogen and oxygen atoms in total. The molecule has 4 rings (SSSR count). The van der Waals surface area contributed by atoms with E-state index in [1.165, 1.54) is 0 Å². The van der Waals surface area contributed by atoms with E-state index in [4.69, 9.17) is 15.7 Å². The third kappa shape index (κ3) is 3.80. The van der Waals surface area contributed by atoms with Gasteiger partial charge in [-0.05, 0) is 31.5 Å². The van der Waals surface area contributed by atoms with Crippen LogP contribution in [0.4, 0.5) is 5.82 Å². The van der Waals surface area contributed by atoms with Gasteiger partial charge in [-0.1, -0.05) is 42.5 Å². The molecule has 7 heteroatoms. The average molecular weight is 386 g/mol. The van der Waals surface area contributed by atoms with Gasteiger partial charge in [0.05, 0.1) is 6.33 Å². The van der Waals surface area contributed by atoms with Gasteiger partial charge in [0.25, 0.3) is 0 Å². The summed E-state index contributed by atoms with van der Waals surface area (Å²) in [4.78, 5) is 25.4. The number of rotatable bonds is 6. The summed E-state index contributed by atoms with van der Waals surface area (Å²) < 4.78 is 2.02. The first-order valence-corrected chi connectivity index (χ1v) is 9.45. The first kappa shape index (κ1) is 18.6. The maximum atomic E-state index is 11.4.